The molecule has 6 nitrogen and oxygen atoms in total. The van der Waals surface area contributed by atoms with Crippen LogP contribution in [0.15, 0.2) is 54.1 Å². The van der Waals surface area contributed by atoms with Crippen molar-refractivity contribution in [2.75, 3.05) is 13.7 Å². The minimum absolute atomic E-state index is 0.0135. The molecule has 0 aliphatic carbocycles. The van der Waals surface area contributed by atoms with E-state index in [0.717, 1.165) is 0 Å². The number of ketones is 1. The molecule has 29 heavy (non-hydrogen) atoms. The first-order valence-electron chi connectivity index (χ1n) is 9.11. The second-order valence-corrected chi connectivity index (χ2v) is 6.38. The van der Waals surface area contributed by atoms with Crippen LogP contribution < -0.4 is 4.74 Å². The summed E-state index contributed by atoms with van der Waals surface area (Å²) in [6.07, 6.45) is 1.67. The number of esters is 1. The van der Waals surface area contributed by atoms with E-state index >= 15 is 0 Å². The summed E-state index contributed by atoms with van der Waals surface area (Å²) in [5.74, 6) is -0.482. The van der Waals surface area contributed by atoms with Gasteiger partial charge in [0.15, 0.2) is 17.3 Å². The Kier molecular flexibility index (Phi) is 5.93. The van der Waals surface area contributed by atoms with E-state index in [9.17, 15) is 14.7 Å². The van der Waals surface area contributed by atoms with Crippen molar-refractivity contribution in [1.82, 2.24) is 4.98 Å². The van der Waals surface area contributed by atoms with E-state index in [-0.39, 0.29) is 23.8 Å². The first kappa shape index (κ1) is 20.1. The maximum absolute atomic E-state index is 13.2. The average Bonchev–Trinajstić information content (AvgIpc) is 2.72. The summed E-state index contributed by atoms with van der Waals surface area (Å²) >= 11 is 0. The van der Waals surface area contributed by atoms with Gasteiger partial charge in [0.25, 0.3) is 0 Å². The Labute approximate surface area is 168 Å². The summed E-state index contributed by atoms with van der Waals surface area (Å²) in [5.41, 5.74) is 2.09. The number of carbonyl (C=O) groups is 2. The number of aromatic nitrogens is 1. The quantitative estimate of drug-likeness (QED) is 0.380. The molecule has 0 saturated heterocycles. The molecule has 0 atom stereocenters. The van der Waals surface area contributed by atoms with Crippen LogP contribution in [0, 0.1) is 0 Å². The highest BCUT2D eigenvalue weighted by atomic mass is 16.5. The van der Waals surface area contributed by atoms with E-state index in [1.165, 1.54) is 19.2 Å². The normalized spacial score (nSPS) is 11.3. The summed E-state index contributed by atoms with van der Waals surface area (Å²) in [7, 11) is 1.47. The highest BCUT2D eigenvalue weighted by Crippen LogP contribution is 2.28. The van der Waals surface area contributed by atoms with Crippen molar-refractivity contribution in [3.05, 3.63) is 70.9 Å². The molecule has 6 heteroatoms. The summed E-state index contributed by atoms with van der Waals surface area (Å²) in [6.45, 7) is 3.61. The third kappa shape index (κ3) is 4.27. The second kappa shape index (κ2) is 8.56. The molecule has 0 aliphatic heterocycles. The van der Waals surface area contributed by atoms with Crippen molar-refractivity contribution in [3.8, 4) is 11.5 Å². The number of pyridine rings is 1. The number of hydrogen-bond acceptors (Lipinski definition) is 6. The van der Waals surface area contributed by atoms with Gasteiger partial charge in [0.2, 0.25) is 0 Å². The van der Waals surface area contributed by atoms with Crippen molar-refractivity contribution in [3.63, 3.8) is 0 Å². The molecule has 0 fully saturated rings. The van der Waals surface area contributed by atoms with Gasteiger partial charge in [-0.25, -0.2) is 9.78 Å². The fourth-order valence-corrected chi connectivity index (χ4v) is 3.00. The molecule has 0 radical (unpaired) electrons. The zero-order valence-corrected chi connectivity index (χ0v) is 16.4. The van der Waals surface area contributed by atoms with E-state index in [2.05, 4.69) is 4.98 Å². The van der Waals surface area contributed by atoms with Crippen LogP contribution in [0.5, 0.6) is 11.5 Å². The van der Waals surface area contributed by atoms with E-state index in [1.54, 1.807) is 50.3 Å². The summed E-state index contributed by atoms with van der Waals surface area (Å²) < 4.78 is 10.1. The predicted molar refractivity (Wildman–Crippen MR) is 110 cm³/mol. The molecule has 3 aromatic rings. The zero-order valence-electron chi connectivity index (χ0n) is 16.4. The smallest absolute Gasteiger partial charge is 0.356 e. The van der Waals surface area contributed by atoms with Crippen molar-refractivity contribution >= 4 is 28.7 Å². The van der Waals surface area contributed by atoms with Crippen LogP contribution in [-0.2, 0) is 4.74 Å². The molecule has 0 spiro atoms. The number of para-hydroxylation sites is 1. The Morgan fingerprint density at radius 3 is 2.59 bits per heavy atom. The topological polar surface area (TPSA) is 85.7 Å². The number of hydrogen-bond donors (Lipinski definition) is 1. The van der Waals surface area contributed by atoms with Crippen LogP contribution in [0.1, 0.15) is 40.3 Å². The second-order valence-electron chi connectivity index (χ2n) is 6.38. The molecule has 1 N–H and O–H groups in total. The van der Waals surface area contributed by atoms with Crippen LogP contribution in [0.25, 0.3) is 17.0 Å². The summed E-state index contributed by atoms with van der Waals surface area (Å²) in [5, 5.41) is 10.6. The average molecular weight is 391 g/mol. The maximum atomic E-state index is 13.2. The zero-order chi connectivity index (χ0) is 21.0. The van der Waals surface area contributed by atoms with E-state index < -0.39 is 5.97 Å². The number of fused-ring (bicyclic) bond motifs is 1. The Morgan fingerprint density at radius 1 is 1.14 bits per heavy atom. The molecule has 148 valence electrons. The van der Waals surface area contributed by atoms with Gasteiger partial charge in [-0.2, -0.15) is 0 Å². The lowest BCUT2D eigenvalue weighted by Crippen LogP contribution is -2.10. The molecule has 0 unspecified atom stereocenters. The van der Waals surface area contributed by atoms with Gasteiger partial charge in [0, 0.05) is 10.9 Å². The molecule has 0 amide bonds. The number of methoxy groups -OCH3 is 1. The first-order valence-corrected chi connectivity index (χ1v) is 9.11. The fourth-order valence-electron chi connectivity index (χ4n) is 3.00. The third-order valence-electron chi connectivity index (χ3n) is 4.39. The number of Topliss-reactive ketones (excluding diaryl/α,β-unsaturated/α-hetero) is 1. The molecule has 3 rings (SSSR count). The Balaban J connectivity index is 2.05. The largest absolute Gasteiger partial charge is 0.504 e. The molecular formula is C23H21NO5. The van der Waals surface area contributed by atoms with E-state index in [1.807, 2.05) is 6.07 Å². The van der Waals surface area contributed by atoms with Gasteiger partial charge < -0.3 is 14.6 Å². The molecular weight excluding hydrogens is 370 g/mol. The number of phenolic OH excluding ortho intramolecular Hbond substituents is 1. The number of nitrogens with zero attached hydrogens (tertiary/aromatic N) is 1. The Morgan fingerprint density at radius 2 is 1.90 bits per heavy atom. The van der Waals surface area contributed by atoms with Crippen molar-refractivity contribution in [1.29, 1.82) is 0 Å². The lowest BCUT2D eigenvalue weighted by Gasteiger charge is -2.09. The van der Waals surface area contributed by atoms with E-state index in [4.69, 9.17) is 9.47 Å². The molecule has 0 saturated carbocycles. The van der Waals surface area contributed by atoms with Gasteiger partial charge in [0.05, 0.1) is 19.2 Å². The predicted octanol–water partition coefficient (Wildman–Crippen LogP) is 4.41. The van der Waals surface area contributed by atoms with Crippen LogP contribution in [-0.4, -0.2) is 35.6 Å². The van der Waals surface area contributed by atoms with Gasteiger partial charge in [-0.15, -0.1) is 0 Å². The summed E-state index contributed by atoms with van der Waals surface area (Å²) in [6, 6.07) is 13.5. The molecule has 0 bridgehead atoms. The third-order valence-corrected chi connectivity index (χ3v) is 4.39. The van der Waals surface area contributed by atoms with E-state index in [0.29, 0.717) is 33.4 Å². The number of phenols is 1. The summed E-state index contributed by atoms with van der Waals surface area (Å²) in [4.78, 5) is 29.7. The monoisotopic (exact) mass is 391 g/mol. The minimum atomic E-state index is -0.575. The fraction of sp³-hybridized carbons (Fsp3) is 0.174. The van der Waals surface area contributed by atoms with Gasteiger partial charge >= 0.3 is 5.97 Å². The van der Waals surface area contributed by atoms with Gasteiger partial charge in [0.1, 0.15) is 5.69 Å². The molecule has 2 aromatic carbocycles. The van der Waals surface area contributed by atoms with Crippen LogP contribution in [0.3, 0.4) is 0 Å². The number of ether oxygens (including phenoxy) is 2. The molecule has 1 aromatic heterocycles. The van der Waals surface area contributed by atoms with Crippen molar-refractivity contribution in [2.24, 2.45) is 0 Å². The lowest BCUT2D eigenvalue weighted by atomic mass is 9.98. The highest BCUT2D eigenvalue weighted by Gasteiger charge is 2.18. The molecule has 1 heterocycles. The lowest BCUT2D eigenvalue weighted by molar-refractivity contribution is 0.0520. The van der Waals surface area contributed by atoms with Crippen molar-refractivity contribution in [2.45, 2.75) is 13.8 Å². The van der Waals surface area contributed by atoms with Crippen LogP contribution in [0.4, 0.5) is 0 Å². The van der Waals surface area contributed by atoms with Crippen molar-refractivity contribution < 1.29 is 24.2 Å². The highest BCUT2D eigenvalue weighted by molar-refractivity contribution is 6.18. The maximum Gasteiger partial charge on any atom is 0.356 e. The van der Waals surface area contributed by atoms with Gasteiger partial charge in [-0.3, -0.25) is 4.79 Å². The number of rotatable bonds is 6. The SMILES string of the molecule is CCOC(=O)c1cc(C(=O)C(C)=Cc2ccc(OC)c(O)c2)c2ccccc2n1. The standard InChI is InChI=1S/C23H21NO5/c1-4-29-23(27)19-13-17(16-7-5-6-8-18(16)24-19)22(26)14(2)11-15-9-10-21(28-3)20(25)12-15/h5-13,25H,4H2,1-3H3. The van der Waals surface area contributed by atoms with Gasteiger partial charge in [-0.05, 0) is 55.3 Å². The number of carbonyl (C=O) groups excluding carboxylic acids is 2. The number of allylic oxidation sites excluding steroid dienone is 1. The first-order chi connectivity index (χ1) is 13.9. The van der Waals surface area contributed by atoms with Crippen LogP contribution in [0.2, 0.25) is 0 Å². The van der Waals surface area contributed by atoms with Crippen LogP contribution >= 0.6 is 0 Å². The van der Waals surface area contributed by atoms with Gasteiger partial charge in [-0.1, -0.05) is 24.3 Å². The molecule has 0 aliphatic rings. The number of aromatic hydroxyl groups is 1. The number of benzene rings is 2. The Hall–Kier alpha value is -3.67. The Bertz CT molecular complexity index is 1120. The minimum Gasteiger partial charge on any atom is -0.504 e.